The van der Waals surface area contributed by atoms with Gasteiger partial charge in [0.2, 0.25) is 0 Å². The van der Waals surface area contributed by atoms with Crippen LogP contribution in [0.3, 0.4) is 0 Å². The van der Waals surface area contributed by atoms with Crippen LogP contribution in [0.25, 0.3) is 0 Å². The first kappa shape index (κ1) is 17.0. The summed E-state index contributed by atoms with van der Waals surface area (Å²) in [5.41, 5.74) is 0.814. The van der Waals surface area contributed by atoms with Crippen LogP contribution in [0, 0.1) is 5.92 Å². The largest absolute Gasteiger partial charge is 0.497 e. The minimum atomic E-state index is -0.598. The molecule has 0 heterocycles. The number of ether oxygens (including phenoxy) is 1. The fraction of sp³-hybridized carbons (Fsp3) is 0.625. The molecule has 0 radical (unpaired) electrons. The summed E-state index contributed by atoms with van der Waals surface area (Å²) in [4.78, 5) is 0. The third-order valence-electron chi connectivity index (χ3n) is 3.76. The molecule has 1 aromatic carbocycles. The third-order valence-corrected chi connectivity index (χ3v) is 3.76. The smallest absolute Gasteiger partial charge is 0.119 e. The quantitative estimate of drug-likeness (QED) is 0.649. The van der Waals surface area contributed by atoms with Gasteiger partial charge in [0.25, 0.3) is 0 Å². The summed E-state index contributed by atoms with van der Waals surface area (Å²) in [6.07, 6.45) is 0.983. The van der Waals surface area contributed by atoms with Crippen LogP contribution < -0.4 is 10.1 Å². The zero-order chi connectivity index (χ0) is 15.0. The molecule has 3 N–H and O–H groups in total. The average molecular weight is 281 g/mol. The van der Waals surface area contributed by atoms with Crippen molar-refractivity contribution in [3.05, 3.63) is 29.8 Å². The summed E-state index contributed by atoms with van der Waals surface area (Å²) in [5.74, 6) is 1.05. The third kappa shape index (κ3) is 5.12. The van der Waals surface area contributed by atoms with Gasteiger partial charge in [0.1, 0.15) is 5.75 Å². The summed E-state index contributed by atoms with van der Waals surface area (Å²) in [6.45, 7) is 5.10. The average Bonchev–Trinajstić information content (AvgIpc) is 2.48. The standard InChI is InChI=1S/C16H27NO3/c1-4-12(5-2)15(18)10-17-11-16(19)13-7-6-8-14(9-13)20-3/h6-9,12,15-19H,4-5,10-11H2,1-3H3. The second-order valence-corrected chi connectivity index (χ2v) is 5.09. The Morgan fingerprint density at radius 3 is 2.45 bits per heavy atom. The van der Waals surface area contributed by atoms with Gasteiger partial charge in [0, 0.05) is 13.1 Å². The van der Waals surface area contributed by atoms with E-state index in [4.69, 9.17) is 4.74 Å². The maximum Gasteiger partial charge on any atom is 0.119 e. The molecule has 2 atom stereocenters. The Balaban J connectivity index is 2.41. The fourth-order valence-electron chi connectivity index (χ4n) is 2.33. The number of hydrogen-bond donors (Lipinski definition) is 3. The Bertz CT molecular complexity index is 380. The molecule has 0 spiro atoms. The van der Waals surface area contributed by atoms with E-state index in [1.165, 1.54) is 0 Å². The van der Waals surface area contributed by atoms with Crippen LogP contribution >= 0.6 is 0 Å². The number of benzene rings is 1. The highest BCUT2D eigenvalue weighted by Crippen LogP contribution is 2.18. The molecule has 0 saturated carbocycles. The normalized spacial score (nSPS) is 14.3. The van der Waals surface area contributed by atoms with Gasteiger partial charge in [-0.1, -0.05) is 38.8 Å². The summed E-state index contributed by atoms with van der Waals surface area (Å²) < 4.78 is 5.14. The van der Waals surface area contributed by atoms with Gasteiger partial charge in [-0.15, -0.1) is 0 Å². The summed E-state index contributed by atoms with van der Waals surface area (Å²) in [5, 5.41) is 23.2. The minimum Gasteiger partial charge on any atom is -0.497 e. The lowest BCUT2D eigenvalue weighted by molar-refractivity contribution is 0.0945. The van der Waals surface area contributed by atoms with E-state index in [1.54, 1.807) is 7.11 Å². The van der Waals surface area contributed by atoms with Crippen LogP contribution in [0.4, 0.5) is 0 Å². The molecule has 0 aliphatic rings. The van der Waals surface area contributed by atoms with Crippen molar-refractivity contribution in [1.29, 1.82) is 0 Å². The molecule has 114 valence electrons. The van der Waals surface area contributed by atoms with Gasteiger partial charge in [0.05, 0.1) is 19.3 Å². The highest BCUT2D eigenvalue weighted by atomic mass is 16.5. The van der Waals surface area contributed by atoms with Crippen LogP contribution in [0.1, 0.15) is 38.4 Å². The van der Waals surface area contributed by atoms with Crippen LogP contribution in [-0.4, -0.2) is 36.5 Å². The van der Waals surface area contributed by atoms with E-state index >= 15 is 0 Å². The Morgan fingerprint density at radius 1 is 1.15 bits per heavy atom. The lowest BCUT2D eigenvalue weighted by atomic mass is 9.96. The molecule has 0 aliphatic heterocycles. The Labute approximate surface area is 121 Å². The monoisotopic (exact) mass is 281 g/mol. The predicted molar refractivity (Wildman–Crippen MR) is 80.9 cm³/mol. The van der Waals surface area contributed by atoms with Gasteiger partial charge in [0.15, 0.2) is 0 Å². The van der Waals surface area contributed by atoms with Crippen LogP contribution in [0.5, 0.6) is 5.75 Å². The number of aliphatic hydroxyl groups excluding tert-OH is 2. The zero-order valence-electron chi connectivity index (χ0n) is 12.7. The van der Waals surface area contributed by atoms with Crippen LogP contribution in [0.15, 0.2) is 24.3 Å². The molecule has 0 bridgehead atoms. The predicted octanol–water partition coefficient (Wildman–Crippen LogP) is 2.12. The number of nitrogens with one attached hydrogen (secondary N) is 1. The molecule has 4 heteroatoms. The van der Waals surface area contributed by atoms with Crippen LogP contribution in [-0.2, 0) is 0 Å². The number of aliphatic hydroxyl groups is 2. The second kappa shape index (κ2) is 8.95. The minimum absolute atomic E-state index is 0.316. The molecule has 1 aromatic rings. The highest BCUT2D eigenvalue weighted by Gasteiger charge is 2.15. The summed E-state index contributed by atoms with van der Waals surface area (Å²) in [7, 11) is 1.61. The van der Waals surface area contributed by atoms with Crippen molar-refractivity contribution in [2.45, 2.75) is 38.9 Å². The molecular weight excluding hydrogens is 254 g/mol. The second-order valence-electron chi connectivity index (χ2n) is 5.09. The maximum absolute atomic E-state index is 10.1. The van der Waals surface area contributed by atoms with E-state index in [0.29, 0.717) is 19.0 Å². The number of hydrogen-bond acceptors (Lipinski definition) is 4. The molecule has 0 fully saturated rings. The van der Waals surface area contributed by atoms with Crippen molar-refractivity contribution >= 4 is 0 Å². The molecule has 0 amide bonds. The lowest BCUT2D eigenvalue weighted by Gasteiger charge is -2.21. The Kier molecular flexibility index (Phi) is 7.59. The first-order chi connectivity index (χ1) is 9.62. The van der Waals surface area contributed by atoms with Gasteiger partial charge in [-0.3, -0.25) is 0 Å². The molecule has 20 heavy (non-hydrogen) atoms. The van der Waals surface area contributed by atoms with Gasteiger partial charge >= 0.3 is 0 Å². The summed E-state index contributed by atoms with van der Waals surface area (Å²) in [6, 6.07) is 7.40. The van der Waals surface area contributed by atoms with Crippen LogP contribution in [0.2, 0.25) is 0 Å². The van der Waals surface area contributed by atoms with Crippen molar-refractivity contribution in [2.24, 2.45) is 5.92 Å². The lowest BCUT2D eigenvalue weighted by Crippen LogP contribution is -2.34. The first-order valence-corrected chi connectivity index (χ1v) is 7.33. The van der Waals surface area contributed by atoms with E-state index in [9.17, 15) is 10.2 Å². The van der Waals surface area contributed by atoms with E-state index in [2.05, 4.69) is 19.2 Å². The fourth-order valence-corrected chi connectivity index (χ4v) is 2.33. The topological polar surface area (TPSA) is 61.7 Å². The van der Waals surface area contributed by atoms with Crippen molar-refractivity contribution < 1.29 is 14.9 Å². The van der Waals surface area contributed by atoms with Gasteiger partial charge in [-0.25, -0.2) is 0 Å². The SMILES string of the molecule is CCC(CC)C(O)CNCC(O)c1cccc(OC)c1. The highest BCUT2D eigenvalue weighted by molar-refractivity contribution is 5.29. The van der Waals surface area contributed by atoms with Gasteiger partial charge < -0.3 is 20.3 Å². The van der Waals surface area contributed by atoms with Crippen molar-refractivity contribution in [2.75, 3.05) is 20.2 Å². The van der Waals surface area contributed by atoms with Crippen molar-refractivity contribution in [3.63, 3.8) is 0 Å². The zero-order valence-corrected chi connectivity index (χ0v) is 12.7. The molecule has 0 aliphatic carbocycles. The first-order valence-electron chi connectivity index (χ1n) is 7.33. The van der Waals surface area contributed by atoms with E-state index < -0.39 is 6.10 Å². The molecule has 2 unspecified atom stereocenters. The van der Waals surface area contributed by atoms with Gasteiger partial charge in [-0.2, -0.15) is 0 Å². The van der Waals surface area contributed by atoms with Crippen molar-refractivity contribution in [1.82, 2.24) is 5.32 Å². The number of rotatable bonds is 9. The van der Waals surface area contributed by atoms with Gasteiger partial charge in [-0.05, 0) is 23.6 Å². The van der Waals surface area contributed by atoms with E-state index in [1.807, 2.05) is 24.3 Å². The molecular formula is C16H27NO3. The molecule has 0 aromatic heterocycles. The van der Waals surface area contributed by atoms with Crippen molar-refractivity contribution in [3.8, 4) is 5.75 Å². The van der Waals surface area contributed by atoms with E-state index in [-0.39, 0.29) is 6.10 Å². The molecule has 4 nitrogen and oxygen atoms in total. The molecule has 0 saturated heterocycles. The Hall–Kier alpha value is -1.10. The van der Waals surface area contributed by atoms with E-state index in [0.717, 1.165) is 24.2 Å². The molecule has 1 rings (SSSR count). The summed E-state index contributed by atoms with van der Waals surface area (Å²) >= 11 is 0. The number of methoxy groups -OCH3 is 1. The Morgan fingerprint density at radius 2 is 1.85 bits per heavy atom. The maximum atomic E-state index is 10.1.